The van der Waals surface area contributed by atoms with Crippen LogP contribution in [-0.4, -0.2) is 47.6 Å². The highest BCUT2D eigenvalue weighted by atomic mass is 16.6. The normalized spacial score (nSPS) is 13.2. The first-order valence-electron chi connectivity index (χ1n) is 20.1. The molecule has 0 aliphatic rings. The summed E-state index contributed by atoms with van der Waals surface area (Å²) in [5.74, 6) is -0.750. The van der Waals surface area contributed by atoms with Crippen LogP contribution < -0.4 is 0 Å². The maximum absolute atomic E-state index is 12.0. The molecule has 280 valence electrons. The highest BCUT2D eigenvalue weighted by Crippen LogP contribution is 2.14. The predicted octanol–water partition coefficient (Wildman–Crippen LogP) is 11.4. The van der Waals surface area contributed by atoms with Crippen molar-refractivity contribution < 1.29 is 29.3 Å². The average molecular weight is 677 g/mol. The third-order valence-corrected chi connectivity index (χ3v) is 8.73. The fourth-order valence-electron chi connectivity index (χ4n) is 5.62. The lowest BCUT2D eigenvalue weighted by Gasteiger charge is -2.12. The fraction of sp³-hybridized carbons (Fsp3) is 0.810. The second-order valence-electron chi connectivity index (χ2n) is 13.6. The maximum Gasteiger partial charge on any atom is 0.305 e. The number of carbonyl (C=O) groups excluding carboxylic acids is 2. The second kappa shape index (κ2) is 37.9. The van der Waals surface area contributed by atoms with Gasteiger partial charge >= 0.3 is 11.9 Å². The molecule has 0 amide bonds. The van der Waals surface area contributed by atoms with Gasteiger partial charge in [-0.05, 0) is 38.5 Å². The Morgan fingerprint density at radius 3 is 1.46 bits per heavy atom. The molecule has 0 spiro atoms. The number of hydrogen-bond acceptors (Lipinski definition) is 6. The zero-order valence-corrected chi connectivity index (χ0v) is 31.4. The van der Waals surface area contributed by atoms with Crippen LogP contribution in [0.4, 0.5) is 0 Å². The Morgan fingerprint density at radius 1 is 0.521 bits per heavy atom. The largest absolute Gasteiger partial charge is 0.463 e. The van der Waals surface area contributed by atoms with Gasteiger partial charge in [-0.15, -0.1) is 0 Å². The highest BCUT2D eigenvalue weighted by molar-refractivity contribution is 5.69. The van der Waals surface area contributed by atoms with Crippen LogP contribution in [0.1, 0.15) is 194 Å². The van der Waals surface area contributed by atoms with Gasteiger partial charge in [0.25, 0.3) is 0 Å². The fourth-order valence-corrected chi connectivity index (χ4v) is 5.62. The molecule has 0 fully saturated rings. The first kappa shape index (κ1) is 46.1. The van der Waals surface area contributed by atoms with Crippen molar-refractivity contribution in [3.63, 3.8) is 0 Å². The third-order valence-electron chi connectivity index (χ3n) is 8.73. The van der Waals surface area contributed by atoms with Crippen molar-refractivity contribution in [1.82, 2.24) is 0 Å². The molecule has 0 aromatic rings. The summed E-state index contributed by atoms with van der Waals surface area (Å²) in [6, 6.07) is 0. The minimum Gasteiger partial charge on any atom is -0.463 e. The molecule has 0 radical (unpaired) electrons. The molecule has 0 aliphatic heterocycles. The van der Waals surface area contributed by atoms with Crippen LogP contribution in [0, 0.1) is 0 Å². The first-order chi connectivity index (χ1) is 23.5. The van der Waals surface area contributed by atoms with Gasteiger partial charge in [0.05, 0.1) is 6.10 Å². The zero-order valence-electron chi connectivity index (χ0n) is 31.4. The molecule has 6 nitrogen and oxygen atoms in total. The number of rotatable bonds is 36. The molecule has 2 N–H and O–H groups in total. The van der Waals surface area contributed by atoms with Gasteiger partial charge in [-0.1, -0.05) is 179 Å². The molecule has 0 heterocycles. The molecular weight excluding hydrogens is 600 g/mol. The predicted molar refractivity (Wildman–Crippen MR) is 202 cm³/mol. The molecule has 6 heteroatoms. The Labute approximate surface area is 296 Å². The molecule has 2 atom stereocenters. The smallest absolute Gasteiger partial charge is 0.305 e. The summed E-state index contributed by atoms with van der Waals surface area (Å²) in [7, 11) is 0. The first-order valence-corrected chi connectivity index (χ1v) is 20.1. The molecule has 1 unspecified atom stereocenters. The quantitative estimate of drug-likeness (QED) is 0.0297. The van der Waals surface area contributed by atoms with E-state index in [1.165, 1.54) is 122 Å². The van der Waals surface area contributed by atoms with E-state index in [1.54, 1.807) is 6.08 Å². The lowest BCUT2D eigenvalue weighted by Crippen LogP contribution is -2.25. The number of aliphatic hydroxyl groups excluding tert-OH is 2. The summed E-state index contributed by atoms with van der Waals surface area (Å²) in [4.78, 5) is 23.9. The number of aliphatic hydroxyl groups is 2. The zero-order chi connectivity index (χ0) is 35.2. The molecule has 0 aliphatic carbocycles. The lowest BCUT2D eigenvalue weighted by molar-refractivity contribution is -0.152. The van der Waals surface area contributed by atoms with Crippen LogP contribution in [-0.2, 0) is 19.1 Å². The van der Waals surface area contributed by atoms with Gasteiger partial charge in [-0.2, -0.15) is 0 Å². The van der Waals surface area contributed by atoms with E-state index < -0.39 is 18.2 Å². The van der Waals surface area contributed by atoms with E-state index >= 15 is 0 Å². The van der Waals surface area contributed by atoms with Crippen molar-refractivity contribution in [2.75, 3.05) is 13.2 Å². The van der Waals surface area contributed by atoms with Crippen molar-refractivity contribution >= 4 is 11.9 Å². The Hall–Kier alpha value is -1.92. The molecule has 0 bridgehead atoms. The molecule has 0 aromatic heterocycles. The minimum absolute atomic E-state index is 0.163. The highest BCUT2D eigenvalue weighted by Gasteiger charge is 2.12. The van der Waals surface area contributed by atoms with Crippen molar-refractivity contribution in [1.29, 1.82) is 0 Å². The van der Waals surface area contributed by atoms with Crippen LogP contribution in [0.25, 0.3) is 0 Å². The average Bonchev–Trinajstić information content (AvgIpc) is 3.08. The number of allylic oxidation sites excluding steroid dienone is 5. The summed E-state index contributed by atoms with van der Waals surface area (Å²) in [5, 5.41) is 20.1. The Morgan fingerprint density at radius 2 is 0.958 bits per heavy atom. The van der Waals surface area contributed by atoms with Crippen molar-refractivity contribution in [2.24, 2.45) is 0 Å². The van der Waals surface area contributed by atoms with Gasteiger partial charge in [-0.25, -0.2) is 0 Å². The van der Waals surface area contributed by atoms with Gasteiger partial charge < -0.3 is 19.7 Å². The number of esters is 2. The van der Waals surface area contributed by atoms with Crippen LogP contribution in [0.3, 0.4) is 0 Å². The standard InChI is InChI=1S/C42H76O6/c1-3-5-7-9-11-13-15-17-18-19-21-23-25-27-29-31-35-41(45)47-37-40(44)38-48-42(46)36-32-34-39(43)33-30-28-26-24-22-20-16-14-12-10-8-6-4-2/h20,22,26,28,30,33,39-40,43-44H,3-19,21,23-25,27,29,31-32,34-38H2,1-2H3/b22-20+,28-26+,33-30+/t39?,40-/m0/s1. The van der Waals surface area contributed by atoms with Crippen molar-refractivity contribution in [2.45, 2.75) is 206 Å². The second-order valence-corrected chi connectivity index (χ2v) is 13.6. The van der Waals surface area contributed by atoms with Gasteiger partial charge in [0.1, 0.15) is 19.3 Å². The molecule has 0 saturated carbocycles. The molecule has 0 rings (SSSR count). The van der Waals surface area contributed by atoms with Crippen LogP contribution in [0.2, 0.25) is 0 Å². The van der Waals surface area contributed by atoms with Gasteiger partial charge in [-0.3, -0.25) is 9.59 Å². The molecule has 48 heavy (non-hydrogen) atoms. The van der Waals surface area contributed by atoms with E-state index in [2.05, 4.69) is 32.1 Å². The number of carbonyl (C=O) groups is 2. The Kier molecular flexibility index (Phi) is 36.4. The SMILES string of the molecule is CCCCCCCC/C=C/C/C=C/C=C/C(O)CCCC(=O)OC[C@@H](O)COC(=O)CCCCCCCCCCCCCCCCCC. The minimum atomic E-state index is -1.03. The summed E-state index contributed by atoms with van der Waals surface area (Å²) in [6.07, 6.45) is 42.3. The lowest BCUT2D eigenvalue weighted by atomic mass is 10.0. The van der Waals surface area contributed by atoms with E-state index in [9.17, 15) is 19.8 Å². The van der Waals surface area contributed by atoms with Gasteiger partial charge in [0.15, 0.2) is 0 Å². The molecule has 0 aromatic carbocycles. The van der Waals surface area contributed by atoms with E-state index in [4.69, 9.17) is 9.47 Å². The van der Waals surface area contributed by atoms with Crippen LogP contribution in [0.5, 0.6) is 0 Å². The van der Waals surface area contributed by atoms with E-state index in [0.29, 0.717) is 19.3 Å². The van der Waals surface area contributed by atoms with E-state index in [-0.39, 0.29) is 25.6 Å². The van der Waals surface area contributed by atoms with Crippen molar-refractivity contribution in [3.05, 3.63) is 36.5 Å². The van der Waals surface area contributed by atoms with Crippen molar-refractivity contribution in [3.8, 4) is 0 Å². The topological polar surface area (TPSA) is 93.1 Å². The van der Waals surface area contributed by atoms with E-state index in [1.807, 2.05) is 12.2 Å². The van der Waals surface area contributed by atoms with Crippen LogP contribution >= 0.6 is 0 Å². The summed E-state index contributed by atoms with van der Waals surface area (Å²) >= 11 is 0. The monoisotopic (exact) mass is 677 g/mol. The number of unbranched alkanes of at least 4 members (excludes halogenated alkanes) is 21. The maximum atomic E-state index is 12.0. The number of ether oxygens (including phenoxy) is 2. The summed E-state index contributed by atoms with van der Waals surface area (Å²) in [5.41, 5.74) is 0. The Balaban J connectivity index is 3.59. The molecular formula is C42H76O6. The summed E-state index contributed by atoms with van der Waals surface area (Å²) < 4.78 is 10.2. The molecule has 0 saturated heterocycles. The Bertz CT molecular complexity index is 789. The van der Waals surface area contributed by atoms with Gasteiger partial charge in [0.2, 0.25) is 0 Å². The summed E-state index contributed by atoms with van der Waals surface area (Å²) in [6.45, 7) is 4.14. The van der Waals surface area contributed by atoms with Gasteiger partial charge in [0, 0.05) is 12.8 Å². The third kappa shape index (κ3) is 36.9. The van der Waals surface area contributed by atoms with E-state index in [0.717, 1.165) is 32.1 Å². The number of hydrogen-bond donors (Lipinski definition) is 2. The van der Waals surface area contributed by atoms with Crippen LogP contribution in [0.15, 0.2) is 36.5 Å².